The lowest BCUT2D eigenvalue weighted by Gasteiger charge is -2.20. The highest BCUT2D eigenvalue weighted by atomic mass is 19.1. The minimum absolute atomic E-state index is 0.564. The summed E-state index contributed by atoms with van der Waals surface area (Å²) < 4.78 is 12.2. The standard InChI is InChI=1S/C19H35FN2/c1-5-7-13-21-16-18(3)10-9-15-22(14-8-6-2)17-19(4)11-12-20/h9,11-12,15,18,21H,4-8,10,13-14,16-17H2,1-3H3/b12-11+,15-9-. The molecule has 0 fully saturated rings. The summed E-state index contributed by atoms with van der Waals surface area (Å²) >= 11 is 0. The van der Waals surface area contributed by atoms with Crippen LogP contribution in [-0.4, -0.2) is 31.1 Å². The lowest BCUT2D eigenvalue weighted by molar-refractivity contribution is 0.395. The third-order valence-corrected chi connectivity index (χ3v) is 3.56. The molecule has 1 N–H and O–H groups in total. The van der Waals surface area contributed by atoms with Gasteiger partial charge in [-0.05, 0) is 56.1 Å². The van der Waals surface area contributed by atoms with Crippen molar-refractivity contribution in [2.45, 2.75) is 52.9 Å². The Hall–Kier alpha value is -1.09. The maximum absolute atomic E-state index is 12.2. The molecule has 0 radical (unpaired) electrons. The van der Waals surface area contributed by atoms with E-state index in [2.05, 4.69) is 49.8 Å². The lowest BCUT2D eigenvalue weighted by Crippen LogP contribution is -2.22. The first-order valence-electron chi connectivity index (χ1n) is 8.69. The van der Waals surface area contributed by atoms with Crippen LogP contribution in [0.4, 0.5) is 4.39 Å². The molecule has 0 aliphatic carbocycles. The second-order valence-electron chi connectivity index (χ2n) is 6.06. The predicted octanol–water partition coefficient (Wildman–Crippen LogP) is 5.06. The summed E-state index contributed by atoms with van der Waals surface area (Å²) in [7, 11) is 0. The Labute approximate surface area is 137 Å². The maximum atomic E-state index is 12.2. The zero-order valence-electron chi connectivity index (χ0n) is 14.8. The van der Waals surface area contributed by atoms with E-state index in [0.29, 0.717) is 18.8 Å². The minimum Gasteiger partial charge on any atom is -0.373 e. The number of hydrogen-bond acceptors (Lipinski definition) is 2. The van der Waals surface area contributed by atoms with E-state index in [0.717, 1.165) is 44.5 Å². The van der Waals surface area contributed by atoms with Crippen LogP contribution >= 0.6 is 0 Å². The van der Waals surface area contributed by atoms with Gasteiger partial charge in [-0.2, -0.15) is 0 Å². The Morgan fingerprint density at radius 3 is 2.64 bits per heavy atom. The normalized spacial score (nSPS) is 13.1. The number of rotatable bonds is 14. The fourth-order valence-electron chi connectivity index (χ4n) is 2.15. The summed E-state index contributed by atoms with van der Waals surface area (Å²) in [6, 6.07) is 0. The van der Waals surface area contributed by atoms with E-state index in [1.165, 1.54) is 18.9 Å². The highest BCUT2D eigenvalue weighted by Crippen LogP contribution is 2.06. The van der Waals surface area contributed by atoms with Gasteiger partial charge in [-0.3, -0.25) is 0 Å². The van der Waals surface area contributed by atoms with Gasteiger partial charge in [0, 0.05) is 13.1 Å². The summed E-state index contributed by atoms with van der Waals surface area (Å²) in [5.74, 6) is 0.634. The fourth-order valence-corrected chi connectivity index (χ4v) is 2.15. The van der Waals surface area contributed by atoms with Crippen LogP contribution in [0.5, 0.6) is 0 Å². The molecule has 1 unspecified atom stereocenters. The van der Waals surface area contributed by atoms with Crippen LogP contribution in [0.15, 0.2) is 36.8 Å². The summed E-state index contributed by atoms with van der Waals surface area (Å²) in [6.07, 6.45) is 12.2. The molecule has 0 aromatic rings. The van der Waals surface area contributed by atoms with Crippen molar-refractivity contribution >= 4 is 0 Å². The van der Waals surface area contributed by atoms with Crippen molar-refractivity contribution in [2.24, 2.45) is 5.92 Å². The van der Waals surface area contributed by atoms with Gasteiger partial charge in [-0.1, -0.05) is 46.3 Å². The molecule has 2 nitrogen and oxygen atoms in total. The van der Waals surface area contributed by atoms with Gasteiger partial charge in [-0.25, -0.2) is 4.39 Å². The third kappa shape index (κ3) is 12.6. The van der Waals surface area contributed by atoms with Gasteiger partial charge in [-0.15, -0.1) is 0 Å². The summed E-state index contributed by atoms with van der Waals surface area (Å²) in [4.78, 5) is 2.23. The first-order valence-corrected chi connectivity index (χ1v) is 8.69. The summed E-state index contributed by atoms with van der Waals surface area (Å²) in [6.45, 7) is 14.4. The Kier molecular flexibility index (Phi) is 14.1. The molecule has 0 heterocycles. The number of nitrogens with zero attached hydrogens (tertiary/aromatic N) is 1. The van der Waals surface area contributed by atoms with Gasteiger partial charge in [0.15, 0.2) is 0 Å². The van der Waals surface area contributed by atoms with Crippen molar-refractivity contribution in [3.8, 4) is 0 Å². The largest absolute Gasteiger partial charge is 0.373 e. The molecule has 1 atom stereocenters. The molecule has 22 heavy (non-hydrogen) atoms. The van der Waals surface area contributed by atoms with E-state index in [1.54, 1.807) is 0 Å². The zero-order chi connectivity index (χ0) is 16.6. The molecule has 0 saturated carbocycles. The van der Waals surface area contributed by atoms with Crippen LogP contribution in [0.2, 0.25) is 0 Å². The van der Waals surface area contributed by atoms with Gasteiger partial charge in [0.2, 0.25) is 0 Å². The van der Waals surface area contributed by atoms with Crippen LogP contribution in [0.3, 0.4) is 0 Å². The van der Waals surface area contributed by atoms with Crippen LogP contribution in [-0.2, 0) is 0 Å². The SMILES string of the molecule is C=C(/C=C/F)CN(/C=C\CC(C)CNCCCC)CCCC. The van der Waals surface area contributed by atoms with Crippen LogP contribution in [0.25, 0.3) is 0 Å². The van der Waals surface area contributed by atoms with E-state index < -0.39 is 0 Å². The molecule has 0 aliphatic rings. The molecule has 0 aromatic carbocycles. The third-order valence-electron chi connectivity index (χ3n) is 3.56. The smallest absolute Gasteiger partial charge is 0.0870 e. The van der Waals surface area contributed by atoms with Gasteiger partial charge in [0.05, 0.1) is 6.33 Å². The lowest BCUT2D eigenvalue weighted by atomic mass is 10.1. The van der Waals surface area contributed by atoms with E-state index in [-0.39, 0.29) is 0 Å². The molecule has 0 aliphatic heterocycles. The number of unbranched alkanes of at least 4 members (excludes halogenated alkanes) is 2. The molecule has 0 aromatic heterocycles. The van der Waals surface area contributed by atoms with Crippen LogP contribution < -0.4 is 5.32 Å². The number of hydrogen-bond donors (Lipinski definition) is 1. The van der Waals surface area contributed by atoms with Crippen molar-refractivity contribution in [3.63, 3.8) is 0 Å². The van der Waals surface area contributed by atoms with E-state index in [4.69, 9.17) is 0 Å². The average Bonchev–Trinajstić information content (AvgIpc) is 2.49. The first-order chi connectivity index (χ1) is 10.6. The zero-order valence-corrected chi connectivity index (χ0v) is 14.8. The first kappa shape index (κ1) is 20.9. The number of allylic oxidation sites excluding steroid dienone is 1. The van der Waals surface area contributed by atoms with Gasteiger partial charge in [0.1, 0.15) is 0 Å². The van der Waals surface area contributed by atoms with Crippen LogP contribution in [0, 0.1) is 5.92 Å². The highest BCUT2D eigenvalue weighted by molar-refractivity contribution is 5.15. The Morgan fingerprint density at radius 1 is 1.27 bits per heavy atom. The average molecular weight is 311 g/mol. The van der Waals surface area contributed by atoms with Crippen molar-refractivity contribution in [3.05, 3.63) is 36.8 Å². The molecule has 0 rings (SSSR count). The van der Waals surface area contributed by atoms with Crippen LogP contribution in [0.1, 0.15) is 52.9 Å². The molecular formula is C19H35FN2. The van der Waals surface area contributed by atoms with Crippen molar-refractivity contribution in [2.75, 3.05) is 26.2 Å². The van der Waals surface area contributed by atoms with Gasteiger partial charge < -0.3 is 10.2 Å². The van der Waals surface area contributed by atoms with Crippen molar-refractivity contribution < 1.29 is 4.39 Å². The quantitative estimate of drug-likeness (QED) is 0.356. The van der Waals surface area contributed by atoms with Crippen molar-refractivity contribution in [1.82, 2.24) is 10.2 Å². The second-order valence-corrected chi connectivity index (χ2v) is 6.06. The van der Waals surface area contributed by atoms with E-state index in [1.807, 2.05) is 0 Å². The summed E-state index contributed by atoms with van der Waals surface area (Å²) in [5, 5.41) is 3.50. The number of halogens is 1. The van der Waals surface area contributed by atoms with Gasteiger partial charge in [0.25, 0.3) is 0 Å². The fraction of sp³-hybridized carbons (Fsp3) is 0.684. The number of nitrogens with one attached hydrogen (secondary N) is 1. The van der Waals surface area contributed by atoms with E-state index in [9.17, 15) is 4.39 Å². The molecular weight excluding hydrogens is 275 g/mol. The Morgan fingerprint density at radius 2 is 2.00 bits per heavy atom. The minimum atomic E-state index is 0.564. The Balaban J connectivity index is 4.13. The van der Waals surface area contributed by atoms with Crippen molar-refractivity contribution in [1.29, 1.82) is 0 Å². The van der Waals surface area contributed by atoms with Gasteiger partial charge >= 0.3 is 0 Å². The molecule has 0 saturated heterocycles. The molecule has 0 spiro atoms. The topological polar surface area (TPSA) is 15.3 Å². The second kappa shape index (κ2) is 14.8. The molecule has 0 amide bonds. The molecule has 128 valence electrons. The summed E-state index contributed by atoms with van der Waals surface area (Å²) in [5.41, 5.74) is 0.803. The Bertz CT molecular complexity index is 323. The monoisotopic (exact) mass is 310 g/mol. The van der Waals surface area contributed by atoms with E-state index >= 15 is 0 Å². The molecule has 0 bridgehead atoms. The predicted molar refractivity (Wildman–Crippen MR) is 96.6 cm³/mol. The molecule has 3 heteroatoms. The highest BCUT2D eigenvalue weighted by Gasteiger charge is 2.02. The maximum Gasteiger partial charge on any atom is 0.0870 e.